The smallest absolute Gasteiger partial charge is 0.251 e. The summed E-state index contributed by atoms with van der Waals surface area (Å²) in [5.41, 5.74) is 1.90. The van der Waals surface area contributed by atoms with Crippen LogP contribution in [0.2, 0.25) is 0 Å². The molecular formula is C17H24N2O3. The minimum Gasteiger partial charge on any atom is -0.365 e. The molecule has 120 valence electrons. The lowest BCUT2D eigenvalue weighted by molar-refractivity contribution is -0.146. The number of benzene rings is 1. The van der Waals surface area contributed by atoms with Crippen LogP contribution in [0.1, 0.15) is 36.7 Å². The molecule has 0 aromatic heterocycles. The van der Waals surface area contributed by atoms with Crippen LogP contribution in [-0.2, 0) is 14.9 Å². The van der Waals surface area contributed by atoms with Crippen molar-refractivity contribution < 1.29 is 14.3 Å². The molecule has 2 rings (SSSR count). The fourth-order valence-electron chi connectivity index (χ4n) is 2.31. The summed E-state index contributed by atoms with van der Waals surface area (Å²) in [6, 6.07) is 7.65. The summed E-state index contributed by atoms with van der Waals surface area (Å²) < 4.78 is 5.40. The second-order valence-corrected chi connectivity index (χ2v) is 6.74. The molecule has 1 fully saturated rings. The van der Waals surface area contributed by atoms with E-state index in [1.165, 1.54) is 5.56 Å². The van der Waals surface area contributed by atoms with E-state index < -0.39 is 0 Å². The molecule has 2 amide bonds. The summed E-state index contributed by atoms with van der Waals surface area (Å²) in [5, 5.41) is 2.86. The molecule has 1 unspecified atom stereocenters. The number of morpholine rings is 1. The number of carbonyl (C=O) groups is 2. The molecule has 1 N–H and O–H groups in total. The minimum atomic E-state index is -0.152. The van der Waals surface area contributed by atoms with Gasteiger partial charge in [0, 0.05) is 25.7 Å². The van der Waals surface area contributed by atoms with Crippen molar-refractivity contribution in [3.05, 3.63) is 35.4 Å². The van der Waals surface area contributed by atoms with Gasteiger partial charge in [0.1, 0.15) is 6.61 Å². The Balaban J connectivity index is 1.89. The van der Waals surface area contributed by atoms with E-state index in [9.17, 15) is 9.59 Å². The van der Waals surface area contributed by atoms with Gasteiger partial charge in [-0.25, -0.2) is 0 Å². The third-order valence-electron chi connectivity index (χ3n) is 3.85. The van der Waals surface area contributed by atoms with Crippen LogP contribution in [0, 0.1) is 0 Å². The van der Waals surface area contributed by atoms with E-state index in [0.29, 0.717) is 18.7 Å². The van der Waals surface area contributed by atoms with Gasteiger partial charge in [0.25, 0.3) is 5.91 Å². The van der Waals surface area contributed by atoms with Crippen LogP contribution < -0.4 is 5.32 Å². The molecule has 1 aromatic rings. The summed E-state index contributed by atoms with van der Waals surface area (Å²) in [4.78, 5) is 25.1. The fourth-order valence-corrected chi connectivity index (χ4v) is 2.31. The molecule has 0 aliphatic carbocycles. The van der Waals surface area contributed by atoms with Crippen LogP contribution in [0.3, 0.4) is 0 Å². The van der Waals surface area contributed by atoms with Gasteiger partial charge in [0.05, 0.1) is 6.10 Å². The lowest BCUT2D eigenvalue weighted by Gasteiger charge is -2.29. The van der Waals surface area contributed by atoms with E-state index in [-0.39, 0.29) is 29.9 Å². The highest BCUT2D eigenvalue weighted by atomic mass is 16.5. The SMILES string of the molecule is CN1CC(CNC(=O)c2ccc(C(C)(C)C)cc2)OCC1=O. The Morgan fingerprint density at radius 3 is 2.50 bits per heavy atom. The Labute approximate surface area is 131 Å². The first-order valence-electron chi connectivity index (χ1n) is 7.51. The molecule has 5 heteroatoms. The quantitative estimate of drug-likeness (QED) is 0.922. The van der Waals surface area contributed by atoms with Gasteiger partial charge in [-0.2, -0.15) is 0 Å². The number of amides is 2. The van der Waals surface area contributed by atoms with E-state index in [4.69, 9.17) is 4.74 Å². The molecule has 1 atom stereocenters. The van der Waals surface area contributed by atoms with Crippen molar-refractivity contribution in [1.82, 2.24) is 10.2 Å². The van der Waals surface area contributed by atoms with Crippen LogP contribution >= 0.6 is 0 Å². The maximum Gasteiger partial charge on any atom is 0.251 e. The number of carbonyl (C=O) groups excluding carboxylic acids is 2. The highest BCUT2D eigenvalue weighted by molar-refractivity contribution is 5.94. The Bertz CT molecular complexity index is 546. The van der Waals surface area contributed by atoms with Gasteiger partial charge in [-0.3, -0.25) is 9.59 Å². The minimum absolute atomic E-state index is 0.0275. The Morgan fingerprint density at radius 2 is 1.95 bits per heavy atom. The van der Waals surface area contributed by atoms with Crippen molar-refractivity contribution in [2.75, 3.05) is 26.7 Å². The van der Waals surface area contributed by atoms with Gasteiger partial charge < -0.3 is 15.0 Å². The molecule has 22 heavy (non-hydrogen) atoms. The molecule has 1 heterocycles. The average molecular weight is 304 g/mol. The zero-order valence-corrected chi connectivity index (χ0v) is 13.7. The first-order valence-corrected chi connectivity index (χ1v) is 7.51. The molecule has 0 bridgehead atoms. The van der Waals surface area contributed by atoms with Gasteiger partial charge in [-0.05, 0) is 23.1 Å². The standard InChI is InChI=1S/C17H24N2O3/c1-17(2,3)13-7-5-12(6-8-13)16(21)18-9-14-10-19(4)15(20)11-22-14/h5-8,14H,9-11H2,1-4H3,(H,18,21). The lowest BCUT2D eigenvalue weighted by Crippen LogP contribution is -2.48. The van der Waals surface area contributed by atoms with Crippen LogP contribution in [0.4, 0.5) is 0 Å². The van der Waals surface area contributed by atoms with Gasteiger partial charge in [0.2, 0.25) is 5.91 Å². The summed E-state index contributed by atoms with van der Waals surface area (Å²) in [5.74, 6) is -0.149. The zero-order chi connectivity index (χ0) is 16.3. The molecule has 0 saturated carbocycles. The van der Waals surface area contributed by atoms with E-state index >= 15 is 0 Å². The van der Waals surface area contributed by atoms with Crippen LogP contribution in [0.25, 0.3) is 0 Å². The highest BCUT2D eigenvalue weighted by Crippen LogP contribution is 2.22. The highest BCUT2D eigenvalue weighted by Gasteiger charge is 2.23. The van der Waals surface area contributed by atoms with Crippen LogP contribution in [-0.4, -0.2) is 49.6 Å². The first-order chi connectivity index (χ1) is 10.3. The maximum absolute atomic E-state index is 12.1. The number of rotatable bonds is 3. The maximum atomic E-state index is 12.1. The van der Waals surface area contributed by atoms with Crippen molar-refractivity contribution in [1.29, 1.82) is 0 Å². The predicted octanol–water partition coefficient (Wildman–Crippen LogP) is 1.57. The van der Waals surface area contributed by atoms with Crippen LogP contribution in [0.5, 0.6) is 0 Å². The first kappa shape index (κ1) is 16.5. The Hall–Kier alpha value is -1.88. The number of ether oxygens (including phenoxy) is 1. The summed E-state index contributed by atoms with van der Waals surface area (Å²) in [6.45, 7) is 7.40. The van der Waals surface area contributed by atoms with Crippen molar-refractivity contribution in [2.45, 2.75) is 32.3 Å². The van der Waals surface area contributed by atoms with Crippen molar-refractivity contribution in [3.8, 4) is 0 Å². The van der Waals surface area contributed by atoms with E-state index in [2.05, 4.69) is 26.1 Å². The zero-order valence-electron chi connectivity index (χ0n) is 13.7. The largest absolute Gasteiger partial charge is 0.365 e. The summed E-state index contributed by atoms with van der Waals surface area (Å²) in [6.07, 6.45) is -0.152. The molecular weight excluding hydrogens is 280 g/mol. The number of hydrogen-bond donors (Lipinski definition) is 1. The normalized spacial score (nSPS) is 19.2. The molecule has 5 nitrogen and oxygen atoms in total. The fraction of sp³-hybridized carbons (Fsp3) is 0.529. The van der Waals surface area contributed by atoms with Crippen LogP contribution in [0.15, 0.2) is 24.3 Å². The molecule has 0 spiro atoms. The van der Waals surface area contributed by atoms with Crippen molar-refractivity contribution in [3.63, 3.8) is 0 Å². The number of nitrogens with zero attached hydrogens (tertiary/aromatic N) is 1. The number of likely N-dealkylation sites (N-methyl/N-ethyl adjacent to an activating group) is 1. The average Bonchev–Trinajstić information content (AvgIpc) is 2.47. The van der Waals surface area contributed by atoms with Gasteiger partial charge in [-0.1, -0.05) is 32.9 Å². The third-order valence-corrected chi connectivity index (χ3v) is 3.85. The number of nitrogens with one attached hydrogen (secondary N) is 1. The van der Waals surface area contributed by atoms with E-state index in [1.807, 2.05) is 24.3 Å². The molecule has 1 aliphatic heterocycles. The number of hydrogen-bond acceptors (Lipinski definition) is 3. The second-order valence-electron chi connectivity index (χ2n) is 6.74. The van der Waals surface area contributed by atoms with Crippen molar-refractivity contribution in [2.24, 2.45) is 0 Å². The third kappa shape index (κ3) is 4.07. The van der Waals surface area contributed by atoms with E-state index in [1.54, 1.807) is 11.9 Å². The molecule has 1 aromatic carbocycles. The summed E-state index contributed by atoms with van der Waals surface area (Å²) >= 11 is 0. The lowest BCUT2D eigenvalue weighted by atomic mass is 9.87. The predicted molar refractivity (Wildman–Crippen MR) is 84.9 cm³/mol. The van der Waals surface area contributed by atoms with Gasteiger partial charge >= 0.3 is 0 Å². The molecule has 1 aliphatic rings. The van der Waals surface area contributed by atoms with Gasteiger partial charge in [-0.15, -0.1) is 0 Å². The molecule has 0 radical (unpaired) electrons. The Kier molecular flexibility index (Phi) is 4.86. The second kappa shape index (κ2) is 6.48. The van der Waals surface area contributed by atoms with E-state index in [0.717, 1.165) is 0 Å². The van der Waals surface area contributed by atoms with Crippen molar-refractivity contribution >= 4 is 11.8 Å². The Morgan fingerprint density at radius 1 is 1.32 bits per heavy atom. The monoisotopic (exact) mass is 304 g/mol. The molecule has 1 saturated heterocycles. The topological polar surface area (TPSA) is 58.6 Å². The van der Waals surface area contributed by atoms with Gasteiger partial charge in [0.15, 0.2) is 0 Å². The summed E-state index contributed by atoms with van der Waals surface area (Å²) in [7, 11) is 1.74.